The van der Waals surface area contributed by atoms with E-state index in [0.29, 0.717) is 0 Å². The fraction of sp³-hybridized carbons (Fsp3) is 1.00. The normalized spacial score (nSPS) is 18.1. The SMILES string of the molecule is CCOP(=O)(O)C(OCl)C(OCl)OCl. The molecule has 0 radical (unpaired) electrons. The number of hydrogen-bond donors (Lipinski definition) is 1. The number of rotatable bonds is 7. The van der Waals surface area contributed by atoms with Crippen LogP contribution in [0.2, 0.25) is 0 Å². The minimum Gasteiger partial charge on any atom is -0.322 e. The lowest BCUT2D eigenvalue weighted by atomic mass is 10.7. The average molecular weight is 289 g/mol. The van der Waals surface area contributed by atoms with Gasteiger partial charge in [-0.2, -0.15) is 0 Å². The molecule has 0 amide bonds. The van der Waals surface area contributed by atoms with Crippen molar-refractivity contribution >= 4 is 43.2 Å². The van der Waals surface area contributed by atoms with Crippen LogP contribution >= 0.6 is 43.2 Å². The quantitative estimate of drug-likeness (QED) is 0.573. The molecule has 0 fully saturated rings. The fourth-order valence-corrected chi connectivity index (χ4v) is 2.48. The molecule has 0 saturated heterocycles. The average Bonchev–Trinajstić information content (AvgIpc) is 2.13. The van der Waals surface area contributed by atoms with Crippen LogP contribution in [0.3, 0.4) is 0 Å². The smallest absolute Gasteiger partial charge is 0.322 e. The summed E-state index contributed by atoms with van der Waals surface area (Å²) in [4.78, 5) is 9.25. The molecule has 0 heterocycles. The summed E-state index contributed by atoms with van der Waals surface area (Å²) in [6.45, 7) is 1.48. The number of halogens is 3. The summed E-state index contributed by atoms with van der Waals surface area (Å²) in [5.41, 5.74) is 0. The van der Waals surface area contributed by atoms with Gasteiger partial charge in [0.2, 0.25) is 12.1 Å². The predicted octanol–water partition coefficient (Wildman–Crippen LogP) is 2.37. The first-order valence-corrected chi connectivity index (χ1v) is 5.89. The lowest BCUT2D eigenvalue weighted by molar-refractivity contribution is -0.0412. The van der Waals surface area contributed by atoms with Crippen LogP contribution in [-0.2, 0) is 22.0 Å². The lowest BCUT2D eigenvalue weighted by Gasteiger charge is -2.22. The van der Waals surface area contributed by atoms with Gasteiger partial charge in [-0.3, -0.25) is 8.85 Å². The van der Waals surface area contributed by atoms with Crippen LogP contribution in [0.5, 0.6) is 0 Å². The van der Waals surface area contributed by atoms with Crippen LogP contribution in [0, 0.1) is 0 Å². The van der Waals surface area contributed by atoms with Gasteiger partial charge in [-0.25, -0.2) is 8.58 Å². The zero-order chi connectivity index (χ0) is 11.2. The minimum atomic E-state index is -4.16. The Bertz CT molecular complexity index is 200. The lowest BCUT2D eigenvalue weighted by Crippen LogP contribution is -2.28. The van der Waals surface area contributed by atoms with E-state index in [2.05, 4.69) is 17.4 Å². The van der Waals surface area contributed by atoms with Gasteiger partial charge in [-0.15, -0.1) is 0 Å². The molecular formula is C4H8Cl3O6P. The van der Waals surface area contributed by atoms with Crippen LogP contribution in [0.15, 0.2) is 0 Å². The van der Waals surface area contributed by atoms with Crippen LogP contribution in [0.25, 0.3) is 0 Å². The highest BCUT2D eigenvalue weighted by atomic mass is 35.5. The van der Waals surface area contributed by atoms with Gasteiger partial charge < -0.3 is 9.42 Å². The van der Waals surface area contributed by atoms with Crippen LogP contribution < -0.4 is 0 Å². The number of hydrogen-bond acceptors (Lipinski definition) is 5. The Kier molecular flexibility index (Phi) is 7.68. The van der Waals surface area contributed by atoms with Crippen molar-refractivity contribution in [2.75, 3.05) is 6.61 Å². The summed E-state index contributed by atoms with van der Waals surface area (Å²) in [5, 5.41) is 0. The van der Waals surface area contributed by atoms with E-state index in [-0.39, 0.29) is 6.61 Å². The second-order valence-corrected chi connectivity index (χ2v) is 4.44. The van der Waals surface area contributed by atoms with E-state index in [4.69, 9.17) is 35.6 Å². The van der Waals surface area contributed by atoms with Gasteiger partial charge in [-0.1, -0.05) is 0 Å². The van der Waals surface area contributed by atoms with Gasteiger partial charge in [0.05, 0.1) is 42.2 Å². The van der Waals surface area contributed by atoms with Crippen molar-refractivity contribution in [1.82, 2.24) is 0 Å². The van der Waals surface area contributed by atoms with Gasteiger partial charge in [0.25, 0.3) is 0 Å². The van der Waals surface area contributed by atoms with E-state index in [1.807, 2.05) is 0 Å². The summed E-state index contributed by atoms with van der Waals surface area (Å²) >= 11 is 14.8. The van der Waals surface area contributed by atoms with Crippen LogP contribution in [0.1, 0.15) is 6.92 Å². The van der Waals surface area contributed by atoms with Crippen molar-refractivity contribution in [2.45, 2.75) is 19.1 Å². The van der Waals surface area contributed by atoms with Crippen molar-refractivity contribution in [3.63, 3.8) is 0 Å². The maximum atomic E-state index is 11.4. The summed E-state index contributed by atoms with van der Waals surface area (Å²) in [6.07, 6.45) is -1.53. The van der Waals surface area contributed by atoms with Gasteiger partial charge in [0.15, 0.2) is 0 Å². The maximum Gasteiger partial charge on any atom is 0.363 e. The first-order valence-electron chi connectivity index (χ1n) is 3.32. The molecule has 0 bridgehead atoms. The third kappa shape index (κ3) is 4.18. The van der Waals surface area contributed by atoms with Crippen molar-refractivity contribution in [3.05, 3.63) is 0 Å². The molecule has 0 aliphatic carbocycles. The van der Waals surface area contributed by atoms with E-state index in [0.717, 1.165) is 0 Å². The van der Waals surface area contributed by atoms with E-state index >= 15 is 0 Å². The molecular weight excluding hydrogens is 281 g/mol. The van der Waals surface area contributed by atoms with Gasteiger partial charge >= 0.3 is 7.60 Å². The molecule has 0 rings (SSSR count). The zero-order valence-electron chi connectivity index (χ0n) is 6.93. The molecule has 86 valence electrons. The molecule has 2 atom stereocenters. The summed E-state index contributed by atoms with van der Waals surface area (Å²) in [6, 6.07) is 0. The van der Waals surface area contributed by atoms with Crippen LogP contribution in [-0.4, -0.2) is 23.6 Å². The van der Waals surface area contributed by atoms with E-state index in [1.54, 1.807) is 0 Å². The molecule has 0 aromatic heterocycles. The first-order chi connectivity index (χ1) is 6.53. The third-order valence-corrected chi connectivity index (χ3v) is 3.42. The van der Waals surface area contributed by atoms with Crippen molar-refractivity contribution in [3.8, 4) is 0 Å². The molecule has 2 unspecified atom stereocenters. The fourth-order valence-electron chi connectivity index (χ4n) is 0.606. The Morgan fingerprint density at radius 2 is 1.79 bits per heavy atom. The summed E-state index contributed by atoms with van der Waals surface area (Å²) in [7, 11) is -4.16. The second kappa shape index (κ2) is 7.22. The van der Waals surface area contributed by atoms with Gasteiger partial charge in [0.1, 0.15) is 0 Å². The molecule has 0 saturated carbocycles. The third-order valence-electron chi connectivity index (χ3n) is 1.14. The van der Waals surface area contributed by atoms with Gasteiger partial charge in [0, 0.05) is 0 Å². The largest absolute Gasteiger partial charge is 0.363 e. The maximum absolute atomic E-state index is 11.4. The minimum absolute atomic E-state index is 0.0260. The molecule has 1 N–H and O–H groups in total. The second-order valence-electron chi connectivity index (χ2n) is 2.01. The highest BCUT2D eigenvalue weighted by Crippen LogP contribution is 2.50. The molecule has 0 spiro atoms. The zero-order valence-corrected chi connectivity index (χ0v) is 10.1. The predicted molar refractivity (Wildman–Crippen MR) is 49.8 cm³/mol. The highest BCUT2D eigenvalue weighted by Gasteiger charge is 2.42. The topological polar surface area (TPSA) is 74.2 Å². The Balaban J connectivity index is 4.59. The van der Waals surface area contributed by atoms with E-state index in [9.17, 15) is 9.46 Å². The standard InChI is InChI=1S/C4H8Cl3O6P/c1-2-10-14(8,9)4(13-7)3(11-5)12-6/h3-4H,2H2,1H3,(H,8,9). The monoisotopic (exact) mass is 288 g/mol. The molecule has 6 nitrogen and oxygen atoms in total. The molecule has 14 heavy (non-hydrogen) atoms. The van der Waals surface area contributed by atoms with Crippen LogP contribution in [0.4, 0.5) is 0 Å². The van der Waals surface area contributed by atoms with Crippen molar-refractivity contribution in [1.29, 1.82) is 0 Å². The highest BCUT2D eigenvalue weighted by molar-refractivity contribution is 7.53. The van der Waals surface area contributed by atoms with E-state index in [1.165, 1.54) is 6.92 Å². The molecule has 0 aromatic carbocycles. The Labute approximate surface area is 96.0 Å². The first kappa shape index (κ1) is 14.9. The molecule has 0 aromatic rings. The van der Waals surface area contributed by atoms with E-state index < -0.39 is 19.7 Å². The molecule has 10 heteroatoms. The van der Waals surface area contributed by atoms with Crippen molar-refractivity contribution < 1.29 is 26.9 Å². The summed E-state index contributed by atoms with van der Waals surface area (Å²) < 4.78 is 28.1. The molecule has 0 aliphatic heterocycles. The van der Waals surface area contributed by atoms with Crippen molar-refractivity contribution in [2.24, 2.45) is 0 Å². The Morgan fingerprint density at radius 1 is 1.29 bits per heavy atom. The Hall–Kier alpha value is 0.900. The summed E-state index contributed by atoms with van der Waals surface area (Å²) in [5.74, 6) is -1.64. The van der Waals surface area contributed by atoms with Gasteiger partial charge in [-0.05, 0) is 6.92 Å². The molecule has 0 aliphatic rings. The Morgan fingerprint density at radius 3 is 2.07 bits per heavy atom.